The number of hydrogen-bond acceptors (Lipinski definition) is 4. The number of aromatic amines is 1. The van der Waals surface area contributed by atoms with Gasteiger partial charge in [0.1, 0.15) is 5.92 Å². The van der Waals surface area contributed by atoms with Crippen LogP contribution in [0, 0.1) is 16.0 Å². The zero-order valence-electron chi connectivity index (χ0n) is 16.5. The molecule has 0 bridgehead atoms. The van der Waals surface area contributed by atoms with Gasteiger partial charge in [0.25, 0.3) is 0 Å². The predicted octanol–water partition coefficient (Wildman–Crippen LogP) is 3.15. The van der Waals surface area contributed by atoms with Crippen molar-refractivity contribution in [3.05, 3.63) is 76.0 Å². The molecule has 1 fully saturated rings. The number of carbonyl (C=O) groups is 1. The highest BCUT2D eigenvalue weighted by Gasteiger charge is 2.53. The number of carbonyl (C=O) groups excluding carboxylic acids is 1. The number of fused-ring (bicyclic) bond motifs is 1. The molecule has 3 unspecified atom stereocenters. The van der Waals surface area contributed by atoms with E-state index in [1.807, 2.05) is 43.4 Å². The van der Waals surface area contributed by atoms with E-state index in [2.05, 4.69) is 40.6 Å². The summed E-state index contributed by atoms with van der Waals surface area (Å²) in [6, 6.07) is 15.6. The number of para-hydroxylation sites is 1. The number of anilines is 1. The molecule has 1 amide bonds. The van der Waals surface area contributed by atoms with Crippen LogP contribution in [0.1, 0.15) is 23.5 Å². The number of nitro groups is 1. The molecule has 1 saturated carbocycles. The molecule has 0 saturated heterocycles. The van der Waals surface area contributed by atoms with Crippen molar-refractivity contribution in [1.29, 1.82) is 0 Å². The van der Waals surface area contributed by atoms with Crippen LogP contribution in [0.25, 0.3) is 10.9 Å². The number of hydrogen-bond donors (Lipinski definition) is 2. The number of rotatable bonds is 7. The van der Waals surface area contributed by atoms with Crippen LogP contribution in [0.3, 0.4) is 0 Å². The SMILES string of the molecule is CN(C)c1ccc(C(CNC(=O)C2CC2[N+](=O)[O-])c2c[nH]c3ccccc23)cc1. The molecule has 3 atom stereocenters. The van der Waals surface area contributed by atoms with Crippen molar-refractivity contribution in [2.75, 3.05) is 25.5 Å². The first kappa shape index (κ1) is 19.0. The quantitative estimate of drug-likeness (QED) is 0.477. The highest BCUT2D eigenvalue weighted by atomic mass is 16.6. The minimum absolute atomic E-state index is 0.0564. The number of nitrogens with one attached hydrogen (secondary N) is 2. The lowest BCUT2D eigenvalue weighted by Crippen LogP contribution is -2.31. The van der Waals surface area contributed by atoms with Crippen molar-refractivity contribution in [2.24, 2.45) is 5.92 Å². The van der Waals surface area contributed by atoms with Crippen molar-refractivity contribution in [1.82, 2.24) is 10.3 Å². The third-order valence-corrected chi connectivity index (χ3v) is 5.65. The van der Waals surface area contributed by atoms with Gasteiger partial charge < -0.3 is 15.2 Å². The number of H-pyrrole nitrogens is 1. The van der Waals surface area contributed by atoms with Crippen LogP contribution in [0.2, 0.25) is 0 Å². The molecular weight excluding hydrogens is 368 g/mol. The second kappa shape index (κ2) is 7.58. The van der Waals surface area contributed by atoms with Crippen LogP contribution >= 0.6 is 0 Å². The fraction of sp³-hybridized carbons (Fsp3) is 0.318. The van der Waals surface area contributed by atoms with Crippen molar-refractivity contribution in [2.45, 2.75) is 18.4 Å². The molecular formula is C22H24N4O3. The standard InChI is InChI=1S/C22H24N4O3/c1-25(2)15-9-7-14(8-10-15)18(12-24-22(27)17-11-21(17)26(28)29)19-13-23-20-6-4-3-5-16(19)20/h3-10,13,17-18,21,23H,11-12H2,1-2H3,(H,24,27). The average molecular weight is 392 g/mol. The van der Waals surface area contributed by atoms with E-state index in [1.54, 1.807) is 0 Å². The maximum absolute atomic E-state index is 12.4. The van der Waals surface area contributed by atoms with E-state index in [1.165, 1.54) is 0 Å². The summed E-state index contributed by atoms with van der Waals surface area (Å²) < 4.78 is 0. The first-order valence-electron chi connectivity index (χ1n) is 9.70. The zero-order chi connectivity index (χ0) is 20.5. The lowest BCUT2D eigenvalue weighted by atomic mass is 9.90. The Morgan fingerprint density at radius 3 is 2.62 bits per heavy atom. The van der Waals surface area contributed by atoms with Gasteiger partial charge in [0.05, 0.1) is 0 Å². The molecule has 1 aliphatic rings. The summed E-state index contributed by atoms with van der Waals surface area (Å²) in [5.74, 6) is -0.801. The number of aromatic nitrogens is 1. The lowest BCUT2D eigenvalue weighted by Gasteiger charge is -2.20. The Hall–Kier alpha value is -3.35. The summed E-state index contributed by atoms with van der Waals surface area (Å²) >= 11 is 0. The zero-order valence-corrected chi connectivity index (χ0v) is 16.5. The van der Waals surface area contributed by atoms with Crippen molar-refractivity contribution < 1.29 is 9.72 Å². The normalized spacial score (nSPS) is 19.0. The molecule has 0 spiro atoms. The monoisotopic (exact) mass is 392 g/mol. The molecule has 1 aliphatic carbocycles. The summed E-state index contributed by atoms with van der Waals surface area (Å²) in [7, 11) is 3.99. The lowest BCUT2D eigenvalue weighted by molar-refractivity contribution is -0.497. The van der Waals surface area contributed by atoms with Crippen LogP contribution in [0.5, 0.6) is 0 Å². The van der Waals surface area contributed by atoms with Crippen molar-refractivity contribution in [3.63, 3.8) is 0 Å². The Kier molecular flexibility index (Phi) is 4.96. The third kappa shape index (κ3) is 3.81. The largest absolute Gasteiger partial charge is 0.378 e. The van der Waals surface area contributed by atoms with Crippen LogP contribution in [-0.2, 0) is 4.79 Å². The van der Waals surface area contributed by atoms with Crippen LogP contribution in [0.15, 0.2) is 54.7 Å². The van der Waals surface area contributed by atoms with Gasteiger partial charge in [0.15, 0.2) is 0 Å². The number of amides is 1. The molecule has 1 aromatic heterocycles. The van der Waals surface area contributed by atoms with E-state index in [4.69, 9.17) is 0 Å². The number of nitrogens with zero attached hydrogens (tertiary/aromatic N) is 2. The number of benzene rings is 2. The van der Waals surface area contributed by atoms with Gasteiger partial charge in [0, 0.05) is 60.7 Å². The van der Waals surface area contributed by atoms with Gasteiger partial charge in [-0.25, -0.2) is 0 Å². The van der Waals surface area contributed by atoms with E-state index >= 15 is 0 Å². The van der Waals surface area contributed by atoms with E-state index < -0.39 is 12.0 Å². The molecule has 150 valence electrons. The smallest absolute Gasteiger partial charge is 0.230 e. The molecule has 1 heterocycles. The summed E-state index contributed by atoms with van der Waals surface area (Å²) in [5, 5.41) is 14.9. The van der Waals surface area contributed by atoms with E-state index in [0.717, 1.165) is 27.7 Å². The minimum atomic E-state index is -0.735. The minimum Gasteiger partial charge on any atom is -0.378 e. The van der Waals surface area contributed by atoms with Crippen molar-refractivity contribution >= 4 is 22.5 Å². The van der Waals surface area contributed by atoms with Gasteiger partial charge in [-0.2, -0.15) is 0 Å². The van der Waals surface area contributed by atoms with Gasteiger partial charge in [0.2, 0.25) is 11.9 Å². The van der Waals surface area contributed by atoms with Gasteiger partial charge in [-0.15, -0.1) is 0 Å². The summed E-state index contributed by atoms with van der Waals surface area (Å²) in [4.78, 5) is 28.3. The molecule has 2 aromatic carbocycles. The molecule has 7 heteroatoms. The van der Waals surface area contributed by atoms with Crippen LogP contribution < -0.4 is 10.2 Å². The molecule has 7 nitrogen and oxygen atoms in total. The van der Waals surface area contributed by atoms with Crippen LogP contribution in [-0.4, -0.2) is 42.5 Å². The Labute approximate surface area is 168 Å². The van der Waals surface area contributed by atoms with E-state index in [9.17, 15) is 14.9 Å². The second-order valence-corrected chi connectivity index (χ2v) is 7.77. The maximum Gasteiger partial charge on any atom is 0.230 e. The Morgan fingerprint density at radius 1 is 1.24 bits per heavy atom. The summed E-state index contributed by atoms with van der Waals surface area (Å²) in [6.07, 6.45) is 2.31. The fourth-order valence-electron chi connectivity index (χ4n) is 3.82. The predicted molar refractivity (Wildman–Crippen MR) is 113 cm³/mol. The van der Waals surface area contributed by atoms with Gasteiger partial charge >= 0.3 is 0 Å². The Morgan fingerprint density at radius 2 is 1.97 bits per heavy atom. The Balaban J connectivity index is 1.60. The summed E-state index contributed by atoms with van der Waals surface area (Å²) in [6.45, 7) is 0.392. The van der Waals surface area contributed by atoms with Gasteiger partial charge in [-0.3, -0.25) is 14.9 Å². The summed E-state index contributed by atoms with van der Waals surface area (Å²) in [5.41, 5.74) is 4.32. The third-order valence-electron chi connectivity index (χ3n) is 5.65. The molecule has 0 aliphatic heterocycles. The molecule has 0 radical (unpaired) electrons. The molecule has 29 heavy (non-hydrogen) atoms. The topological polar surface area (TPSA) is 91.3 Å². The average Bonchev–Trinajstić information content (AvgIpc) is 3.43. The van der Waals surface area contributed by atoms with Gasteiger partial charge in [-0.05, 0) is 29.3 Å². The van der Waals surface area contributed by atoms with Crippen molar-refractivity contribution in [3.8, 4) is 0 Å². The highest BCUT2D eigenvalue weighted by molar-refractivity contribution is 5.85. The first-order valence-corrected chi connectivity index (χ1v) is 9.70. The van der Waals surface area contributed by atoms with E-state index in [-0.39, 0.29) is 16.7 Å². The van der Waals surface area contributed by atoms with Crippen LogP contribution in [0.4, 0.5) is 5.69 Å². The molecule has 2 N–H and O–H groups in total. The van der Waals surface area contributed by atoms with Gasteiger partial charge in [-0.1, -0.05) is 30.3 Å². The highest BCUT2D eigenvalue weighted by Crippen LogP contribution is 2.34. The fourth-order valence-corrected chi connectivity index (χ4v) is 3.82. The Bertz CT molecular complexity index is 1040. The first-order chi connectivity index (χ1) is 14.0. The maximum atomic E-state index is 12.4. The second-order valence-electron chi connectivity index (χ2n) is 7.77. The molecule has 3 aromatic rings. The molecule has 4 rings (SSSR count). The van der Waals surface area contributed by atoms with E-state index in [0.29, 0.717) is 13.0 Å².